The lowest BCUT2D eigenvalue weighted by Crippen LogP contribution is -2.45. The molecule has 10 heteroatoms. The van der Waals surface area contributed by atoms with E-state index in [0.29, 0.717) is 17.7 Å². The zero-order chi connectivity index (χ0) is 22.3. The number of aromatic nitrogens is 2. The smallest absolute Gasteiger partial charge is 0.317 e. The van der Waals surface area contributed by atoms with Gasteiger partial charge in [-0.1, -0.05) is 0 Å². The highest BCUT2D eigenvalue weighted by Gasteiger charge is 2.45. The number of anilines is 1. The van der Waals surface area contributed by atoms with Crippen LogP contribution in [0.5, 0.6) is 0 Å². The van der Waals surface area contributed by atoms with Crippen molar-refractivity contribution >= 4 is 11.7 Å². The molecular weight excluding hydrogens is 414 g/mol. The number of fused-ring (bicyclic) bond motifs is 3. The van der Waals surface area contributed by atoms with Crippen LogP contribution < -0.4 is 5.32 Å². The Hall–Kier alpha value is -3.09. The van der Waals surface area contributed by atoms with Crippen LogP contribution >= 0.6 is 0 Å². The summed E-state index contributed by atoms with van der Waals surface area (Å²) in [5.41, 5.74) is 0.603. The maximum absolute atomic E-state index is 15.0. The van der Waals surface area contributed by atoms with Crippen LogP contribution in [0, 0.1) is 23.1 Å². The molecule has 4 rings (SSSR count). The van der Waals surface area contributed by atoms with Crippen LogP contribution in [0.15, 0.2) is 18.2 Å². The van der Waals surface area contributed by atoms with Crippen LogP contribution in [-0.2, 0) is 25.4 Å². The Morgan fingerprint density at radius 2 is 2.19 bits per heavy atom. The fraction of sp³-hybridized carbons (Fsp3) is 0.476. The fourth-order valence-electron chi connectivity index (χ4n) is 4.32. The second kappa shape index (κ2) is 7.87. The third-order valence-electron chi connectivity index (χ3n) is 5.94. The van der Waals surface area contributed by atoms with Crippen molar-refractivity contribution in [3.05, 3.63) is 46.5 Å². The van der Waals surface area contributed by atoms with Crippen molar-refractivity contribution in [2.45, 2.75) is 51.2 Å². The summed E-state index contributed by atoms with van der Waals surface area (Å²) in [7, 11) is 0. The van der Waals surface area contributed by atoms with Gasteiger partial charge in [-0.15, -0.1) is 0 Å². The highest BCUT2D eigenvalue weighted by Crippen LogP contribution is 2.43. The minimum absolute atomic E-state index is 0.0696. The van der Waals surface area contributed by atoms with Gasteiger partial charge in [-0.05, 0) is 37.5 Å². The number of carbonyl (C=O) groups excluding carboxylic acids is 1. The monoisotopic (exact) mass is 435 g/mol. The second-order valence-corrected chi connectivity index (χ2v) is 8.13. The van der Waals surface area contributed by atoms with Crippen molar-refractivity contribution in [2.24, 2.45) is 5.92 Å². The zero-order valence-electron chi connectivity index (χ0n) is 16.8. The summed E-state index contributed by atoms with van der Waals surface area (Å²) >= 11 is 0. The first-order valence-corrected chi connectivity index (χ1v) is 10.0. The molecule has 0 bridgehead atoms. The molecule has 0 saturated carbocycles. The molecule has 0 radical (unpaired) electrons. The van der Waals surface area contributed by atoms with Gasteiger partial charge in [0, 0.05) is 36.7 Å². The normalized spacial score (nSPS) is 22.1. The van der Waals surface area contributed by atoms with Gasteiger partial charge in [-0.25, -0.2) is 9.18 Å². The van der Waals surface area contributed by atoms with Gasteiger partial charge in [0.05, 0.1) is 24.5 Å². The van der Waals surface area contributed by atoms with Crippen molar-refractivity contribution < 1.29 is 22.4 Å². The summed E-state index contributed by atoms with van der Waals surface area (Å²) in [6.45, 7) is 1.12. The van der Waals surface area contributed by atoms with E-state index in [1.165, 1.54) is 21.7 Å². The van der Waals surface area contributed by atoms with Gasteiger partial charge >= 0.3 is 6.03 Å². The number of nitrogens with zero attached hydrogens (tertiary/aromatic N) is 4. The maximum Gasteiger partial charge on any atom is 0.322 e. The number of benzene rings is 1. The lowest BCUT2D eigenvalue weighted by molar-refractivity contribution is -0.0350. The Kier molecular flexibility index (Phi) is 5.37. The predicted molar refractivity (Wildman–Crippen MR) is 104 cm³/mol. The minimum atomic E-state index is -3.24. The molecule has 2 aliphatic heterocycles. The lowest BCUT2D eigenvalue weighted by atomic mass is 9.94. The van der Waals surface area contributed by atoms with Crippen molar-refractivity contribution in [2.75, 3.05) is 12.0 Å². The number of halogens is 4. The molecule has 164 valence electrons. The first kappa shape index (κ1) is 21.2. The number of nitrogens with one attached hydrogen (secondary N) is 1. The van der Waals surface area contributed by atoms with Crippen LogP contribution in [0.1, 0.15) is 42.3 Å². The van der Waals surface area contributed by atoms with Gasteiger partial charge in [0.2, 0.25) is 0 Å². The molecule has 1 aromatic heterocycles. The van der Waals surface area contributed by atoms with E-state index in [1.807, 2.05) is 0 Å². The van der Waals surface area contributed by atoms with E-state index in [4.69, 9.17) is 5.26 Å². The van der Waals surface area contributed by atoms with E-state index in [-0.39, 0.29) is 42.5 Å². The average Bonchev–Trinajstić information content (AvgIpc) is 3.03. The van der Waals surface area contributed by atoms with Crippen LogP contribution in [0.25, 0.3) is 0 Å². The number of urea groups is 1. The lowest BCUT2D eigenvalue weighted by Gasteiger charge is -2.34. The molecule has 2 amide bonds. The van der Waals surface area contributed by atoms with E-state index in [9.17, 15) is 22.4 Å². The number of alkyl halides is 3. The molecule has 2 aliphatic rings. The zero-order valence-corrected chi connectivity index (χ0v) is 16.8. The fourth-order valence-corrected chi connectivity index (χ4v) is 4.32. The minimum Gasteiger partial charge on any atom is -0.317 e. The predicted octanol–water partition coefficient (Wildman–Crippen LogP) is 4.34. The summed E-state index contributed by atoms with van der Waals surface area (Å²) in [6, 6.07) is 4.46. The third kappa shape index (κ3) is 3.84. The largest absolute Gasteiger partial charge is 0.322 e. The molecule has 31 heavy (non-hydrogen) atoms. The molecule has 2 atom stereocenters. The summed E-state index contributed by atoms with van der Waals surface area (Å²) in [6.07, 6.45) is -0.000662. The standard InChI is InChI=1S/C21H21F4N5O/c1-12-6-18-16(19-21(24,25)8-13(9-22)4-5-30(19)28-18)11-29(12)20(31)27-15-2-3-17(23)14(7-15)10-26/h2-3,7,12-13H,4-6,8-9,11H2,1H3,(H,27,31)/t12-,13+/m1/s1. The molecule has 0 aliphatic carbocycles. The van der Waals surface area contributed by atoms with Crippen LogP contribution in [0.2, 0.25) is 0 Å². The van der Waals surface area contributed by atoms with Crippen LogP contribution in [0.3, 0.4) is 0 Å². The number of hydrogen-bond acceptors (Lipinski definition) is 3. The second-order valence-electron chi connectivity index (χ2n) is 8.13. The van der Waals surface area contributed by atoms with Crippen molar-refractivity contribution in [1.29, 1.82) is 5.26 Å². The van der Waals surface area contributed by atoms with Gasteiger partial charge in [-0.3, -0.25) is 9.07 Å². The van der Waals surface area contributed by atoms with Gasteiger partial charge < -0.3 is 10.2 Å². The molecular formula is C21H21F4N5O. The highest BCUT2D eigenvalue weighted by atomic mass is 19.3. The van der Waals surface area contributed by atoms with E-state index in [0.717, 1.165) is 6.07 Å². The Labute approximate surface area is 176 Å². The quantitative estimate of drug-likeness (QED) is 0.713. The number of rotatable bonds is 2. The van der Waals surface area contributed by atoms with Gasteiger partial charge in [0.25, 0.3) is 5.92 Å². The average molecular weight is 435 g/mol. The first-order chi connectivity index (χ1) is 14.7. The summed E-state index contributed by atoms with van der Waals surface area (Å²) < 4.78 is 57.9. The van der Waals surface area contributed by atoms with Crippen molar-refractivity contribution in [3.8, 4) is 6.07 Å². The molecule has 0 fully saturated rings. The number of amides is 2. The van der Waals surface area contributed by atoms with Gasteiger partial charge in [-0.2, -0.15) is 19.1 Å². The Morgan fingerprint density at radius 3 is 2.90 bits per heavy atom. The number of carbonyl (C=O) groups is 1. The van der Waals surface area contributed by atoms with Crippen molar-refractivity contribution in [1.82, 2.24) is 14.7 Å². The van der Waals surface area contributed by atoms with Crippen molar-refractivity contribution in [3.63, 3.8) is 0 Å². The SMILES string of the molecule is C[C@@H]1Cc2nn3c(c2CN1C(=O)Nc1ccc(F)c(C#N)c1)C(F)(F)C[C@@H](CF)CC3. The Morgan fingerprint density at radius 1 is 1.42 bits per heavy atom. The summed E-state index contributed by atoms with van der Waals surface area (Å²) in [5, 5.41) is 15.9. The topological polar surface area (TPSA) is 74.0 Å². The molecule has 0 spiro atoms. The van der Waals surface area contributed by atoms with E-state index < -0.39 is 36.8 Å². The molecule has 2 aromatic rings. The maximum atomic E-state index is 15.0. The van der Waals surface area contributed by atoms with E-state index in [2.05, 4.69) is 10.4 Å². The van der Waals surface area contributed by atoms with Gasteiger partial charge in [0.15, 0.2) is 0 Å². The molecule has 1 N–H and O–H groups in total. The number of aryl methyl sites for hydroxylation is 1. The Balaban J connectivity index is 1.61. The molecule has 0 saturated heterocycles. The summed E-state index contributed by atoms with van der Waals surface area (Å²) in [4.78, 5) is 14.3. The highest BCUT2D eigenvalue weighted by molar-refractivity contribution is 5.90. The van der Waals surface area contributed by atoms with E-state index >= 15 is 0 Å². The van der Waals surface area contributed by atoms with Crippen LogP contribution in [-0.4, -0.2) is 33.4 Å². The molecule has 6 nitrogen and oxygen atoms in total. The first-order valence-electron chi connectivity index (χ1n) is 10.0. The Bertz CT molecular complexity index is 1060. The molecule has 0 unspecified atom stereocenters. The van der Waals surface area contributed by atoms with E-state index in [1.54, 1.807) is 13.0 Å². The number of nitriles is 1. The third-order valence-corrected chi connectivity index (χ3v) is 5.94. The molecule has 3 heterocycles. The van der Waals surface area contributed by atoms with Gasteiger partial charge in [0.1, 0.15) is 17.6 Å². The number of hydrogen-bond donors (Lipinski definition) is 1. The summed E-state index contributed by atoms with van der Waals surface area (Å²) in [5.74, 6) is -4.68. The molecule has 1 aromatic carbocycles. The van der Waals surface area contributed by atoms with Crippen LogP contribution in [0.4, 0.5) is 28.0 Å².